The van der Waals surface area contributed by atoms with Crippen molar-refractivity contribution in [3.63, 3.8) is 0 Å². The summed E-state index contributed by atoms with van der Waals surface area (Å²) in [6.07, 6.45) is -4.64. The number of alkyl halides is 3. The Bertz CT molecular complexity index is 1490. The van der Waals surface area contributed by atoms with Crippen LogP contribution in [0.3, 0.4) is 0 Å². The minimum Gasteiger partial charge on any atom is -0.345 e. The molecule has 39 heavy (non-hydrogen) atoms. The van der Waals surface area contributed by atoms with E-state index < -0.39 is 40.8 Å². The van der Waals surface area contributed by atoms with Crippen LogP contribution in [-0.2, 0) is 17.5 Å². The second-order valence-corrected chi connectivity index (χ2v) is 9.26. The molecular weight excluding hydrogens is 565 g/mol. The average molecular weight is 582 g/mol. The van der Waals surface area contributed by atoms with Gasteiger partial charge >= 0.3 is 6.18 Å². The first-order valence-corrected chi connectivity index (χ1v) is 12.4. The fraction of sp³-hybridized carbons (Fsp3) is 0.120. The van der Waals surface area contributed by atoms with Crippen LogP contribution >= 0.6 is 23.4 Å². The van der Waals surface area contributed by atoms with Crippen molar-refractivity contribution in [1.29, 1.82) is 0 Å². The van der Waals surface area contributed by atoms with E-state index in [0.717, 1.165) is 30.0 Å². The Labute approximate surface area is 227 Å². The van der Waals surface area contributed by atoms with Crippen molar-refractivity contribution < 1.29 is 31.5 Å². The second-order valence-electron chi connectivity index (χ2n) is 7.91. The average Bonchev–Trinajstić information content (AvgIpc) is 3.30. The number of halogens is 6. The van der Waals surface area contributed by atoms with E-state index in [2.05, 4.69) is 20.8 Å². The van der Waals surface area contributed by atoms with Gasteiger partial charge in [-0.2, -0.15) is 13.2 Å². The summed E-state index contributed by atoms with van der Waals surface area (Å²) >= 11 is 6.80. The molecule has 4 rings (SSSR count). The quantitative estimate of drug-likeness (QED) is 0.200. The van der Waals surface area contributed by atoms with Crippen LogP contribution in [0.2, 0.25) is 5.02 Å². The summed E-state index contributed by atoms with van der Waals surface area (Å²) in [5, 5.41) is 12.9. The summed E-state index contributed by atoms with van der Waals surface area (Å²) in [5.74, 6) is -2.90. The lowest BCUT2D eigenvalue weighted by Crippen LogP contribution is -2.26. The molecule has 2 amide bonds. The van der Waals surface area contributed by atoms with E-state index >= 15 is 0 Å². The fourth-order valence-electron chi connectivity index (χ4n) is 3.41. The third-order valence-electron chi connectivity index (χ3n) is 5.19. The first-order valence-electron chi connectivity index (χ1n) is 11.1. The molecule has 4 aromatic rings. The van der Waals surface area contributed by atoms with Gasteiger partial charge in [0.15, 0.2) is 11.0 Å². The van der Waals surface area contributed by atoms with Crippen molar-refractivity contribution in [3.8, 4) is 5.69 Å². The van der Waals surface area contributed by atoms with Crippen molar-refractivity contribution in [2.24, 2.45) is 0 Å². The maximum atomic E-state index is 14.1. The van der Waals surface area contributed by atoms with E-state index in [0.29, 0.717) is 5.69 Å². The van der Waals surface area contributed by atoms with E-state index in [1.165, 1.54) is 53.1 Å². The zero-order valence-corrected chi connectivity index (χ0v) is 21.2. The molecule has 7 nitrogen and oxygen atoms in total. The number of carbonyl (C=O) groups excluding carboxylic acids is 2. The number of benzene rings is 3. The Morgan fingerprint density at radius 1 is 0.974 bits per heavy atom. The van der Waals surface area contributed by atoms with Gasteiger partial charge in [0.25, 0.3) is 5.91 Å². The summed E-state index contributed by atoms with van der Waals surface area (Å²) < 4.78 is 68.6. The molecule has 2 N–H and O–H groups in total. The molecule has 0 spiro atoms. The van der Waals surface area contributed by atoms with Gasteiger partial charge in [0.1, 0.15) is 11.6 Å². The second kappa shape index (κ2) is 11.8. The van der Waals surface area contributed by atoms with Crippen molar-refractivity contribution in [3.05, 3.63) is 100 Å². The van der Waals surface area contributed by atoms with Gasteiger partial charge in [-0.05, 0) is 54.6 Å². The van der Waals surface area contributed by atoms with Gasteiger partial charge in [-0.15, -0.1) is 10.2 Å². The summed E-state index contributed by atoms with van der Waals surface area (Å²) in [7, 11) is 0. The number of amides is 2. The van der Waals surface area contributed by atoms with Crippen LogP contribution in [0.1, 0.15) is 21.7 Å². The molecule has 3 aromatic carbocycles. The van der Waals surface area contributed by atoms with Crippen LogP contribution < -0.4 is 10.6 Å². The molecule has 0 atom stereocenters. The molecule has 0 aliphatic carbocycles. The number of carbonyl (C=O) groups is 2. The number of aromatic nitrogens is 3. The Kier molecular flexibility index (Phi) is 8.51. The molecule has 1 heterocycles. The van der Waals surface area contributed by atoms with E-state index in [1.54, 1.807) is 0 Å². The number of nitrogens with one attached hydrogen (secondary N) is 2. The number of thioether (sulfide) groups is 1. The highest BCUT2D eigenvalue weighted by Crippen LogP contribution is 2.32. The van der Waals surface area contributed by atoms with Crippen LogP contribution in [0.4, 0.5) is 27.6 Å². The summed E-state index contributed by atoms with van der Waals surface area (Å²) in [6, 6.07) is 13.1. The predicted molar refractivity (Wildman–Crippen MR) is 135 cm³/mol. The van der Waals surface area contributed by atoms with Gasteiger partial charge in [0.05, 0.1) is 34.1 Å². The first kappa shape index (κ1) is 28.0. The number of hydrogen-bond donors (Lipinski definition) is 2. The minimum atomic E-state index is -4.64. The van der Waals surface area contributed by atoms with E-state index in [1.807, 2.05) is 0 Å². The smallest absolute Gasteiger partial charge is 0.345 e. The highest BCUT2D eigenvalue weighted by atomic mass is 35.5. The van der Waals surface area contributed by atoms with Gasteiger partial charge < -0.3 is 10.6 Å². The minimum absolute atomic E-state index is 0.0107. The summed E-state index contributed by atoms with van der Waals surface area (Å²) in [6.45, 7) is -0.352. The Morgan fingerprint density at radius 3 is 2.38 bits per heavy atom. The fourth-order valence-corrected chi connectivity index (χ4v) is 4.43. The lowest BCUT2D eigenvalue weighted by Gasteiger charge is -2.14. The molecule has 0 aliphatic rings. The number of nitrogens with zero attached hydrogens (tertiary/aromatic N) is 3. The maximum Gasteiger partial charge on any atom is 0.416 e. The molecule has 0 radical (unpaired) electrons. The Morgan fingerprint density at radius 2 is 1.69 bits per heavy atom. The van der Waals surface area contributed by atoms with Crippen LogP contribution in [0.15, 0.2) is 71.9 Å². The molecule has 202 valence electrons. The zero-order valence-electron chi connectivity index (χ0n) is 19.6. The molecule has 0 fully saturated rings. The van der Waals surface area contributed by atoms with Gasteiger partial charge in [0.2, 0.25) is 5.91 Å². The SMILES string of the molecule is O=C(CSc1nnc(CNC(=O)c2c(F)cccc2Cl)n1-c1cccc(C(F)(F)F)c1)Nc1ccc(F)cc1. The van der Waals surface area contributed by atoms with Crippen molar-refractivity contribution >= 4 is 40.9 Å². The third kappa shape index (κ3) is 6.92. The summed E-state index contributed by atoms with van der Waals surface area (Å²) in [5.41, 5.74) is -0.982. The van der Waals surface area contributed by atoms with E-state index in [4.69, 9.17) is 11.6 Å². The molecule has 0 saturated carbocycles. The van der Waals surface area contributed by atoms with Crippen LogP contribution in [0.25, 0.3) is 5.69 Å². The highest BCUT2D eigenvalue weighted by Gasteiger charge is 2.31. The largest absolute Gasteiger partial charge is 0.416 e. The molecule has 0 aliphatic heterocycles. The van der Waals surface area contributed by atoms with E-state index in [-0.39, 0.29) is 34.0 Å². The van der Waals surface area contributed by atoms with E-state index in [9.17, 15) is 31.5 Å². The Hall–Kier alpha value is -3.97. The Balaban J connectivity index is 1.59. The van der Waals surface area contributed by atoms with Gasteiger partial charge in [-0.1, -0.05) is 35.5 Å². The number of rotatable bonds is 8. The van der Waals surface area contributed by atoms with Gasteiger partial charge in [0, 0.05) is 5.69 Å². The molecule has 0 bridgehead atoms. The maximum absolute atomic E-state index is 14.1. The van der Waals surface area contributed by atoms with Gasteiger partial charge in [-0.25, -0.2) is 8.78 Å². The normalized spacial score (nSPS) is 11.3. The standard InChI is InChI=1S/C25H17ClF5N5O2S/c26-18-5-2-6-19(28)22(18)23(38)32-12-20-34-35-24(36(20)17-4-1-3-14(11-17)25(29,30)31)39-13-21(37)33-16-9-7-15(27)8-10-16/h1-11H,12-13H2,(H,32,38)(H,33,37). The highest BCUT2D eigenvalue weighted by molar-refractivity contribution is 7.99. The van der Waals surface area contributed by atoms with Crippen LogP contribution in [-0.4, -0.2) is 32.3 Å². The molecule has 1 aromatic heterocycles. The molecular formula is C25H17ClF5N5O2S. The molecule has 0 saturated heterocycles. The van der Waals surface area contributed by atoms with Crippen molar-refractivity contribution in [1.82, 2.24) is 20.1 Å². The number of hydrogen-bond acceptors (Lipinski definition) is 5. The van der Waals surface area contributed by atoms with Crippen LogP contribution in [0.5, 0.6) is 0 Å². The lowest BCUT2D eigenvalue weighted by molar-refractivity contribution is -0.137. The number of anilines is 1. The van der Waals surface area contributed by atoms with Gasteiger partial charge in [-0.3, -0.25) is 14.2 Å². The predicted octanol–water partition coefficient (Wildman–Crippen LogP) is 5.88. The first-order chi connectivity index (χ1) is 18.5. The van der Waals surface area contributed by atoms with Crippen molar-refractivity contribution in [2.45, 2.75) is 17.9 Å². The van der Waals surface area contributed by atoms with Crippen molar-refractivity contribution in [2.75, 3.05) is 11.1 Å². The topological polar surface area (TPSA) is 88.9 Å². The monoisotopic (exact) mass is 581 g/mol. The third-order valence-corrected chi connectivity index (χ3v) is 6.43. The zero-order chi connectivity index (χ0) is 28.2. The molecule has 0 unspecified atom stereocenters. The van der Waals surface area contributed by atoms with Crippen LogP contribution in [0, 0.1) is 11.6 Å². The summed E-state index contributed by atoms with van der Waals surface area (Å²) in [4.78, 5) is 25.0. The molecule has 14 heteroatoms. The lowest BCUT2D eigenvalue weighted by atomic mass is 10.2.